The second-order valence-corrected chi connectivity index (χ2v) is 5.32. The zero-order valence-electron chi connectivity index (χ0n) is 11.8. The van der Waals surface area contributed by atoms with Crippen LogP contribution in [0.3, 0.4) is 0 Å². The van der Waals surface area contributed by atoms with Crippen molar-refractivity contribution in [2.24, 2.45) is 0 Å². The van der Waals surface area contributed by atoms with Crippen molar-refractivity contribution in [2.45, 2.75) is 51.7 Å². The molecule has 1 saturated heterocycles. The maximum Gasteiger partial charge on any atom is 0.0639 e. The molecule has 0 aromatic carbocycles. The third kappa shape index (κ3) is 5.34. The number of piperazine rings is 1. The van der Waals surface area contributed by atoms with Gasteiger partial charge in [-0.3, -0.25) is 4.90 Å². The van der Waals surface area contributed by atoms with Crippen LogP contribution in [0.2, 0.25) is 0 Å². The van der Waals surface area contributed by atoms with Gasteiger partial charge in [-0.25, -0.2) is 0 Å². The molecule has 1 aliphatic rings. The van der Waals surface area contributed by atoms with E-state index in [0.29, 0.717) is 12.5 Å². The second-order valence-electron chi connectivity index (χ2n) is 5.32. The SMILES string of the molecule is CCC1CN(CCCCC#N)CCN1CC(C)O. The van der Waals surface area contributed by atoms with Crippen LogP contribution in [-0.2, 0) is 0 Å². The lowest BCUT2D eigenvalue weighted by atomic mass is 10.1. The maximum atomic E-state index is 9.50. The Labute approximate surface area is 111 Å². The summed E-state index contributed by atoms with van der Waals surface area (Å²) in [4.78, 5) is 4.92. The number of aliphatic hydroxyl groups is 1. The van der Waals surface area contributed by atoms with Gasteiger partial charge in [-0.05, 0) is 32.7 Å². The monoisotopic (exact) mass is 253 g/mol. The predicted octanol–water partition coefficient (Wildman–Crippen LogP) is 1.46. The van der Waals surface area contributed by atoms with E-state index in [0.717, 1.165) is 52.0 Å². The Balaban J connectivity index is 2.29. The van der Waals surface area contributed by atoms with Gasteiger partial charge in [0.2, 0.25) is 0 Å². The van der Waals surface area contributed by atoms with Gasteiger partial charge in [0.05, 0.1) is 12.2 Å². The van der Waals surface area contributed by atoms with E-state index in [1.807, 2.05) is 6.92 Å². The molecular formula is C14H27N3O. The molecule has 1 N–H and O–H groups in total. The van der Waals surface area contributed by atoms with E-state index in [9.17, 15) is 5.11 Å². The van der Waals surface area contributed by atoms with E-state index in [2.05, 4.69) is 22.8 Å². The Hall–Kier alpha value is -0.630. The fourth-order valence-corrected chi connectivity index (χ4v) is 2.67. The molecule has 18 heavy (non-hydrogen) atoms. The van der Waals surface area contributed by atoms with E-state index >= 15 is 0 Å². The lowest BCUT2D eigenvalue weighted by molar-refractivity contribution is 0.0362. The molecule has 0 bridgehead atoms. The summed E-state index contributed by atoms with van der Waals surface area (Å²) in [5.74, 6) is 0. The number of aliphatic hydroxyl groups excluding tert-OH is 1. The fraction of sp³-hybridized carbons (Fsp3) is 0.929. The molecule has 0 aromatic heterocycles. The first-order valence-electron chi connectivity index (χ1n) is 7.18. The van der Waals surface area contributed by atoms with Gasteiger partial charge in [0.25, 0.3) is 0 Å². The number of nitrogens with zero attached hydrogens (tertiary/aromatic N) is 3. The molecule has 1 heterocycles. The summed E-state index contributed by atoms with van der Waals surface area (Å²) in [6.07, 6.45) is 3.73. The van der Waals surface area contributed by atoms with Gasteiger partial charge in [-0.2, -0.15) is 5.26 Å². The number of nitriles is 1. The summed E-state index contributed by atoms with van der Waals surface area (Å²) in [5.41, 5.74) is 0. The van der Waals surface area contributed by atoms with Crippen LogP contribution < -0.4 is 0 Å². The first kappa shape index (κ1) is 15.4. The summed E-state index contributed by atoms with van der Waals surface area (Å²) in [6, 6.07) is 2.77. The van der Waals surface area contributed by atoms with Gasteiger partial charge < -0.3 is 10.0 Å². The van der Waals surface area contributed by atoms with Crippen molar-refractivity contribution in [2.75, 3.05) is 32.7 Å². The Bertz CT molecular complexity index is 262. The highest BCUT2D eigenvalue weighted by molar-refractivity contribution is 4.82. The molecule has 2 unspecified atom stereocenters. The maximum absolute atomic E-state index is 9.50. The van der Waals surface area contributed by atoms with E-state index < -0.39 is 0 Å². The molecule has 4 nitrogen and oxygen atoms in total. The summed E-state index contributed by atoms with van der Waals surface area (Å²) in [5, 5.41) is 18.0. The van der Waals surface area contributed by atoms with Gasteiger partial charge in [0.1, 0.15) is 0 Å². The average molecular weight is 253 g/mol. The highest BCUT2D eigenvalue weighted by Gasteiger charge is 2.25. The van der Waals surface area contributed by atoms with Crippen LogP contribution >= 0.6 is 0 Å². The number of β-amino-alcohol motifs (C(OH)–C–C–N with tert-alkyl or cyclic N) is 1. The molecule has 0 aromatic rings. The molecule has 1 rings (SSSR count). The van der Waals surface area contributed by atoms with Crippen LogP contribution in [0.1, 0.15) is 39.5 Å². The molecule has 0 radical (unpaired) electrons. The predicted molar refractivity (Wildman–Crippen MR) is 73.2 cm³/mol. The fourth-order valence-electron chi connectivity index (χ4n) is 2.67. The Morgan fingerprint density at radius 3 is 2.78 bits per heavy atom. The highest BCUT2D eigenvalue weighted by atomic mass is 16.3. The first-order valence-corrected chi connectivity index (χ1v) is 7.18. The van der Waals surface area contributed by atoms with Crippen LogP contribution in [0, 0.1) is 11.3 Å². The highest BCUT2D eigenvalue weighted by Crippen LogP contribution is 2.14. The molecule has 0 amide bonds. The van der Waals surface area contributed by atoms with Crippen LogP contribution in [0.4, 0.5) is 0 Å². The zero-order chi connectivity index (χ0) is 13.4. The quantitative estimate of drug-likeness (QED) is 0.698. The van der Waals surface area contributed by atoms with Crippen LogP contribution in [0.15, 0.2) is 0 Å². The number of hydrogen-bond acceptors (Lipinski definition) is 4. The lowest BCUT2D eigenvalue weighted by Crippen LogP contribution is -2.54. The second kappa shape index (κ2) is 8.47. The minimum atomic E-state index is -0.235. The standard InChI is InChI=1S/C14H27N3O/c1-3-14-12-16(8-6-4-5-7-15)9-10-17(14)11-13(2)18/h13-14,18H,3-6,8-12H2,1-2H3. The third-order valence-corrected chi connectivity index (χ3v) is 3.67. The minimum Gasteiger partial charge on any atom is -0.392 e. The Morgan fingerprint density at radius 2 is 2.17 bits per heavy atom. The first-order chi connectivity index (χ1) is 8.67. The van der Waals surface area contributed by atoms with Crippen molar-refractivity contribution >= 4 is 0 Å². The van der Waals surface area contributed by atoms with E-state index in [-0.39, 0.29) is 6.10 Å². The van der Waals surface area contributed by atoms with Crippen molar-refractivity contribution in [1.82, 2.24) is 9.80 Å². The van der Waals surface area contributed by atoms with Gasteiger partial charge in [-0.15, -0.1) is 0 Å². The molecule has 0 spiro atoms. The molecule has 104 valence electrons. The molecule has 0 aliphatic carbocycles. The smallest absolute Gasteiger partial charge is 0.0639 e. The molecule has 0 saturated carbocycles. The molecule has 1 fully saturated rings. The largest absolute Gasteiger partial charge is 0.392 e. The van der Waals surface area contributed by atoms with Crippen LogP contribution in [0.25, 0.3) is 0 Å². The van der Waals surface area contributed by atoms with E-state index in [1.165, 1.54) is 0 Å². The summed E-state index contributed by atoms with van der Waals surface area (Å²) >= 11 is 0. The van der Waals surface area contributed by atoms with Crippen LogP contribution in [0.5, 0.6) is 0 Å². The van der Waals surface area contributed by atoms with Gasteiger partial charge >= 0.3 is 0 Å². The topological polar surface area (TPSA) is 50.5 Å². The average Bonchev–Trinajstić information content (AvgIpc) is 2.35. The minimum absolute atomic E-state index is 0.235. The lowest BCUT2D eigenvalue weighted by Gasteiger charge is -2.41. The number of hydrogen-bond donors (Lipinski definition) is 1. The number of rotatable bonds is 7. The van der Waals surface area contributed by atoms with Crippen molar-refractivity contribution in [3.8, 4) is 6.07 Å². The molecule has 1 aliphatic heterocycles. The van der Waals surface area contributed by atoms with Crippen molar-refractivity contribution < 1.29 is 5.11 Å². The van der Waals surface area contributed by atoms with Gasteiger partial charge in [-0.1, -0.05) is 6.92 Å². The molecule has 2 atom stereocenters. The summed E-state index contributed by atoms with van der Waals surface area (Å²) in [6.45, 7) is 9.24. The zero-order valence-corrected chi connectivity index (χ0v) is 11.8. The number of unbranched alkanes of at least 4 members (excludes halogenated alkanes) is 2. The Kier molecular flexibility index (Phi) is 7.26. The third-order valence-electron chi connectivity index (χ3n) is 3.67. The molecule has 4 heteroatoms. The van der Waals surface area contributed by atoms with E-state index in [1.54, 1.807) is 0 Å². The van der Waals surface area contributed by atoms with Crippen molar-refractivity contribution in [1.29, 1.82) is 5.26 Å². The normalized spacial score (nSPS) is 23.8. The van der Waals surface area contributed by atoms with Crippen molar-refractivity contribution in [3.05, 3.63) is 0 Å². The van der Waals surface area contributed by atoms with Crippen molar-refractivity contribution in [3.63, 3.8) is 0 Å². The van der Waals surface area contributed by atoms with Gasteiger partial charge in [0, 0.05) is 38.6 Å². The van der Waals surface area contributed by atoms with Crippen LogP contribution in [-0.4, -0.2) is 59.8 Å². The molecular weight excluding hydrogens is 226 g/mol. The van der Waals surface area contributed by atoms with Gasteiger partial charge in [0.15, 0.2) is 0 Å². The van der Waals surface area contributed by atoms with E-state index in [4.69, 9.17) is 5.26 Å². The summed E-state index contributed by atoms with van der Waals surface area (Å²) in [7, 11) is 0. The summed E-state index contributed by atoms with van der Waals surface area (Å²) < 4.78 is 0. The Morgan fingerprint density at radius 1 is 1.39 bits per heavy atom.